The third-order valence-electron chi connectivity index (χ3n) is 5.67. The number of amides is 1. The predicted molar refractivity (Wildman–Crippen MR) is 104 cm³/mol. The Bertz CT molecular complexity index is 1060. The summed E-state index contributed by atoms with van der Waals surface area (Å²) in [5, 5.41) is 10.7. The van der Waals surface area contributed by atoms with Crippen molar-refractivity contribution in [3.8, 4) is 0 Å². The van der Waals surface area contributed by atoms with E-state index in [4.69, 9.17) is 0 Å². The zero-order valence-electron chi connectivity index (χ0n) is 15.6. The van der Waals surface area contributed by atoms with Crippen LogP contribution in [0, 0.1) is 0 Å². The number of fused-ring (bicyclic) bond motifs is 4. The van der Waals surface area contributed by atoms with Gasteiger partial charge in [-0.3, -0.25) is 4.79 Å². The van der Waals surface area contributed by atoms with Gasteiger partial charge in [0.15, 0.2) is 0 Å². The van der Waals surface area contributed by atoms with Gasteiger partial charge in [-0.25, -0.2) is 18.3 Å². The van der Waals surface area contributed by atoms with Crippen molar-refractivity contribution in [2.75, 3.05) is 23.3 Å². The zero-order chi connectivity index (χ0) is 20.0. The molecule has 2 bridgehead atoms. The molecular formula is C20H20F2N6O. The molecule has 0 spiro atoms. The summed E-state index contributed by atoms with van der Waals surface area (Å²) < 4.78 is 28.0. The molecule has 2 aromatic heterocycles. The summed E-state index contributed by atoms with van der Waals surface area (Å²) in [5.41, 5.74) is 0.819. The molecule has 1 aromatic carbocycles. The molecule has 9 heteroatoms. The predicted octanol–water partition coefficient (Wildman–Crippen LogP) is 2.86. The fourth-order valence-electron chi connectivity index (χ4n) is 4.14. The maximum Gasteiger partial charge on any atom is 0.274 e. The first-order chi connectivity index (χ1) is 14.1. The molecule has 3 aliphatic rings. The third kappa shape index (κ3) is 3.21. The summed E-state index contributed by atoms with van der Waals surface area (Å²) in [4.78, 5) is 19.5. The maximum atomic E-state index is 13.2. The lowest BCUT2D eigenvalue weighted by Gasteiger charge is -2.45. The number of rotatable bonds is 4. The van der Waals surface area contributed by atoms with E-state index in [1.54, 1.807) is 24.4 Å². The Kier molecular flexibility index (Phi) is 4.39. The summed E-state index contributed by atoms with van der Waals surface area (Å²) in [5.74, 6) is 0.0801. The molecule has 6 rings (SSSR count). The second-order valence-corrected chi connectivity index (χ2v) is 7.44. The Morgan fingerprint density at radius 1 is 1.21 bits per heavy atom. The molecule has 3 saturated heterocycles. The van der Waals surface area contributed by atoms with Gasteiger partial charge in [0.1, 0.15) is 5.69 Å². The highest BCUT2D eigenvalue weighted by Crippen LogP contribution is 2.28. The van der Waals surface area contributed by atoms with Crippen molar-refractivity contribution in [1.29, 1.82) is 0 Å². The first-order valence-corrected chi connectivity index (χ1v) is 9.63. The molecule has 0 saturated carbocycles. The van der Waals surface area contributed by atoms with Gasteiger partial charge in [-0.15, -0.1) is 5.10 Å². The minimum absolute atomic E-state index is 0.0937. The lowest BCUT2D eigenvalue weighted by atomic mass is 9.93. The number of carbonyl (C=O) groups excluding carboxylic acids is 1. The molecule has 2 atom stereocenters. The van der Waals surface area contributed by atoms with Crippen LogP contribution >= 0.6 is 0 Å². The van der Waals surface area contributed by atoms with Crippen molar-refractivity contribution in [3.05, 3.63) is 53.9 Å². The quantitative estimate of drug-likeness (QED) is 0.707. The highest BCUT2D eigenvalue weighted by molar-refractivity contribution is 6.04. The molecular weight excluding hydrogens is 378 g/mol. The van der Waals surface area contributed by atoms with Gasteiger partial charge in [0.05, 0.1) is 11.7 Å². The number of nitrogens with zero attached hydrogens (tertiary/aromatic N) is 4. The van der Waals surface area contributed by atoms with Crippen molar-refractivity contribution in [2.45, 2.75) is 31.4 Å². The molecule has 3 fully saturated rings. The Labute approximate surface area is 165 Å². The number of hydrogen-bond donors (Lipinski definition) is 2. The molecule has 1 amide bonds. The number of halogens is 2. The van der Waals surface area contributed by atoms with Crippen LogP contribution in [0.4, 0.5) is 20.4 Å². The van der Waals surface area contributed by atoms with Crippen LogP contribution in [0.3, 0.4) is 0 Å². The fourth-order valence-corrected chi connectivity index (χ4v) is 4.14. The number of piperazine rings is 1. The summed E-state index contributed by atoms with van der Waals surface area (Å²) in [7, 11) is 0. The first-order valence-electron chi connectivity index (χ1n) is 9.63. The fraction of sp³-hybridized carbons (Fsp3) is 0.350. The van der Waals surface area contributed by atoms with E-state index in [9.17, 15) is 13.6 Å². The van der Waals surface area contributed by atoms with Gasteiger partial charge in [0.25, 0.3) is 12.3 Å². The van der Waals surface area contributed by atoms with Crippen molar-refractivity contribution < 1.29 is 13.6 Å². The Morgan fingerprint density at radius 2 is 2.07 bits per heavy atom. The first kappa shape index (κ1) is 18.0. The Balaban J connectivity index is 1.45. The lowest BCUT2D eigenvalue weighted by Crippen LogP contribution is -2.61. The van der Waals surface area contributed by atoms with Crippen molar-refractivity contribution in [1.82, 2.24) is 19.9 Å². The van der Waals surface area contributed by atoms with E-state index in [1.165, 1.54) is 22.7 Å². The van der Waals surface area contributed by atoms with E-state index in [2.05, 4.69) is 25.6 Å². The van der Waals surface area contributed by atoms with Crippen molar-refractivity contribution in [2.24, 2.45) is 0 Å². The van der Waals surface area contributed by atoms with Gasteiger partial charge in [-0.1, -0.05) is 18.2 Å². The minimum Gasteiger partial charge on any atom is -0.334 e. The van der Waals surface area contributed by atoms with E-state index in [0.717, 1.165) is 25.9 Å². The summed E-state index contributed by atoms with van der Waals surface area (Å²) in [6.45, 7) is 1.73. The van der Waals surface area contributed by atoms with E-state index >= 15 is 0 Å². The van der Waals surface area contributed by atoms with Crippen LogP contribution in [-0.2, 0) is 0 Å². The van der Waals surface area contributed by atoms with Gasteiger partial charge >= 0.3 is 0 Å². The minimum atomic E-state index is -2.67. The average molecular weight is 398 g/mol. The zero-order valence-corrected chi connectivity index (χ0v) is 15.6. The second-order valence-electron chi connectivity index (χ2n) is 7.44. The van der Waals surface area contributed by atoms with Crippen molar-refractivity contribution in [3.63, 3.8) is 0 Å². The molecule has 0 aliphatic carbocycles. The molecule has 2 N–H and O–H groups in total. The SMILES string of the molecule is O=C(Nc1ccccc1C(F)F)c1ccc2cnc(N3C[C@H]4CC[C@@H]3CN4)nn12. The number of carbonyl (C=O) groups is 1. The van der Waals surface area contributed by atoms with E-state index < -0.39 is 12.3 Å². The molecule has 0 radical (unpaired) electrons. The van der Waals surface area contributed by atoms with E-state index in [0.29, 0.717) is 23.5 Å². The number of benzene rings is 1. The van der Waals surface area contributed by atoms with E-state index in [-0.39, 0.29) is 16.9 Å². The standard InChI is InChI=1S/C20H20F2N6O/c21-18(22)15-3-1-2-4-16(15)25-19(29)17-8-7-14-10-24-20(26-28(14)17)27-11-12-5-6-13(27)9-23-12/h1-4,7-8,10,12-13,18,23H,5-6,9,11H2,(H,25,29)/t12-,13-/m1/s1. The molecule has 3 aliphatic heterocycles. The van der Waals surface area contributed by atoms with Crippen LogP contribution in [0.15, 0.2) is 42.6 Å². The number of anilines is 2. The van der Waals surface area contributed by atoms with Gasteiger partial charge in [0, 0.05) is 36.4 Å². The van der Waals surface area contributed by atoms with E-state index in [1.807, 2.05) is 0 Å². The lowest BCUT2D eigenvalue weighted by molar-refractivity contribution is 0.101. The summed E-state index contributed by atoms with van der Waals surface area (Å²) in [6.07, 6.45) is 1.24. The monoisotopic (exact) mass is 398 g/mol. The number of piperidine rings is 2. The number of nitrogens with one attached hydrogen (secondary N) is 2. The molecule has 150 valence electrons. The van der Waals surface area contributed by atoms with Crippen LogP contribution < -0.4 is 15.5 Å². The van der Waals surface area contributed by atoms with Crippen LogP contribution in [0.1, 0.15) is 35.3 Å². The maximum absolute atomic E-state index is 13.2. The molecule has 3 aromatic rings. The van der Waals surface area contributed by atoms with Gasteiger partial charge in [-0.2, -0.15) is 0 Å². The van der Waals surface area contributed by atoms with Crippen LogP contribution in [0.25, 0.3) is 5.52 Å². The highest BCUT2D eigenvalue weighted by Gasteiger charge is 2.35. The molecule has 0 unspecified atom stereocenters. The summed E-state index contributed by atoms with van der Waals surface area (Å²) in [6, 6.07) is 10.0. The van der Waals surface area contributed by atoms with Gasteiger partial charge in [-0.05, 0) is 31.0 Å². The topological polar surface area (TPSA) is 74.6 Å². The van der Waals surface area contributed by atoms with Crippen LogP contribution in [0.5, 0.6) is 0 Å². The number of hydrogen-bond acceptors (Lipinski definition) is 5. The summed E-state index contributed by atoms with van der Waals surface area (Å²) >= 11 is 0. The van der Waals surface area contributed by atoms with Gasteiger partial charge in [0.2, 0.25) is 5.95 Å². The molecule has 5 heterocycles. The number of aromatic nitrogens is 3. The van der Waals surface area contributed by atoms with Gasteiger partial charge < -0.3 is 15.5 Å². The third-order valence-corrected chi connectivity index (χ3v) is 5.67. The second kappa shape index (κ2) is 7.07. The smallest absolute Gasteiger partial charge is 0.274 e. The normalized spacial score (nSPS) is 21.1. The van der Waals surface area contributed by atoms with Crippen molar-refractivity contribution >= 4 is 23.1 Å². The Morgan fingerprint density at radius 3 is 2.79 bits per heavy atom. The number of para-hydroxylation sites is 1. The molecule has 7 nitrogen and oxygen atoms in total. The Hall–Kier alpha value is -3.07. The average Bonchev–Trinajstić information content (AvgIpc) is 3.18. The highest BCUT2D eigenvalue weighted by atomic mass is 19.3. The van der Waals surface area contributed by atoms with Crippen LogP contribution in [0.2, 0.25) is 0 Å². The number of alkyl halides is 2. The largest absolute Gasteiger partial charge is 0.334 e. The molecule has 29 heavy (non-hydrogen) atoms. The van der Waals surface area contributed by atoms with Crippen LogP contribution in [-0.4, -0.2) is 45.7 Å².